The van der Waals surface area contributed by atoms with E-state index in [4.69, 9.17) is 5.73 Å². The fraction of sp³-hybridized carbons (Fsp3) is 0.538. The first-order chi connectivity index (χ1) is 7.35. The summed E-state index contributed by atoms with van der Waals surface area (Å²) >= 11 is 0. The minimum Gasteiger partial charge on any atom is -0.330 e. The summed E-state index contributed by atoms with van der Waals surface area (Å²) in [6.45, 7) is 5.76. The third-order valence-electron chi connectivity index (χ3n) is 2.79. The molecule has 16 heavy (non-hydrogen) atoms. The second-order valence-electron chi connectivity index (χ2n) is 4.45. The van der Waals surface area contributed by atoms with E-state index in [-0.39, 0.29) is 19.4 Å². The monoisotopic (exact) mass is 227 g/mol. The van der Waals surface area contributed by atoms with Crippen molar-refractivity contribution < 1.29 is 8.78 Å². The van der Waals surface area contributed by atoms with E-state index in [1.54, 1.807) is 0 Å². The standard InChI is InChI=1S/C13H19F2N/c1-9-6-10(2)12(11(3)7-9)8-13(14,15)4-5-16/h6-7H,4-5,8,16H2,1-3H3. The first kappa shape index (κ1) is 13.1. The van der Waals surface area contributed by atoms with Gasteiger partial charge in [0.15, 0.2) is 0 Å². The van der Waals surface area contributed by atoms with E-state index in [0.717, 1.165) is 22.3 Å². The fourth-order valence-electron chi connectivity index (χ4n) is 2.05. The van der Waals surface area contributed by atoms with Crippen molar-refractivity contribution in [2.24, 2.45) is 5.73 Å². The molecule has 0 spiro atoms. The number of hydrogen-bond acceptors (Lipinski definition) is 1. The van der Waals surface area contributed by atoms with Crippen molar-refractivity contribution in [2.45, 2.75) is 39.5 Å². The highest BCUT2D eigenvalue weighted by Gasteiger charge is 2.29. The Morgan fingerprint density at radius 3 is 2.06 bits per heavy atom. The van der Waals surface area contributed by atoms with Crippen molar-refractivity contribution >= 4 is 0 Å². The first-order valence-electron chi connectivity index (χ1n) is 5.50. The lowest BCUT2D eigenvalue weighted by Crippen LogP contribution is -2.24. The lowest BCUT2D eigenvalue weighted by atomic mass is 9.94. The largest absolute Gasteiger partial charge is 0.330 e. The molecule has 0 bridgehead atoms. The number of alkyl halides is 2. The van der Waals surface area contributed by atoms with Gasteiger partial charge >= 0.3 is 0 Å². The SMILES string of the molecule is Cc1cc(C)c(CC(F)(F)CCN)c(C)c1. The molecule has 3 heteroatoms. The molecule has 0 fully saturated rings. The van der Waals surface area contributed by atoms with E-state index in [2.05, 4.69) is 0 Å². The molecule has 0 saturated carbocycles. The minimum absolute atomic E-state index is 0.0248. The lowest BCUT2D eigenvalue weighted by molar-refractivity contribution is -0.00481. The van der Waals surface area contributed by atoms with Crippen LogP contribution in [-0.4, -0.2) is 12.5 Å². The summed E-state index contributed by atoms with van der Waals surface area (Å²) in [5.74, 6) is -2.69. The maximum atomic E-state index is 13.5. The van der Waals surface area contributed by atoms with Gasteiger partial charge < -0.3 is 5.73 Å². The van der Waals surface area contributed by atoms with Crippen LogP contribution < -0.4 is 5.73 Å². The second-order valence-corrected chi connectivity index (χ2v) is 4.45. The molecule has 0 aliphatic heterocycles. The van der Waals surface area contributed by atoms with E-state index < -0.39 is 5.92 Å². The molecule has 90 valence electrons. The average Bonchev–Trinajstić information content (AvgIpc) is 2.11. The van der Waals surface area contributed by atoms with Crippen LogP contribution in [0.2, 0.25) is 0 Å². The summed E-state index contributed by atoms with van der Waals surface area (Å²) in [5.41, 5.74) is 8.93. The fourth-order valence-corrected chi connectivity index (χ4v) is 2.05. The molecule has 0 aliphatic rings. The first-order valence-corrected chi connectivity index (χ1v) is 5.50. The highest BCUT2D eigenvalue weighted by atomic mass is 19.3. The molecule has 1 aromatic rings. The Labute approximate surface area is 95.7 Å². The predicted octanol–water partition coefficient (Wildman–Crippen LogP) is 3.14. The van der Waals surface area contributed by atoms with Gasteiger partial charge in [-0.1, -0.05) is 17.7 Å². The maximum Gasteiger partial charge on any atom is 0.253 e. The number of hydrogen-bond donors (Lipinski definition) is 1. The van der Waals surface area contributed by atoms with E-state index in [1.807, 2.05) is 32.9 Å². The molecule has 2 N–H and O–H groups in total. The predicted molar refractivity (Wildman–Crippen MR) is 63.0 cm³/mol. The van der Waals surface area contributed by atoms with Crippen molar-refractivity contribution in [3.05, 3.63) is 34.4 Å². The highest BCUT2D eigenvalue weighted by Crippen LogP contribution is 2.27. The van der Waals surface area contributed by atoms with Crippen LogP contribution in [-0.2, 0) is 6.42 Å². The van der Waals surface area contributed by atoms with Gasteiger partial charge in [-0.3, -0.25) is 0 Å². The van der Waals surface area contributed by atoms with Gasteiger partial charge in [0.2, 0.25) is 0 Å². The van der Waals surface area contributed by atoms with Crippen molar-refractivity contribution in [1.82, 2.24) is 0 Å². The smallest absolute Gasteiger partial charge is 0.253 e. The van der Waals surface area contributed by atoms with Crippen LogP contribution in [0.25, 0.3) is 0 Å². The molecular weight excluding hydrogens is 208 g/mol. The van der Waals surface area contributed by atoms with Gasteiger partial charge in [0, 0.05) is 12.8 Å². The van der Waals surface area contributed by atoms with Crippen molar-refractivity contribution in [2.75, 3.05) is 6.54 Å². The molecule has 1 aromatic carbocycles. The van der Waals surface area contributed by atoms with Crippen molar-refractivity contribution in [1.29, 1.82) is 0 Å². The molecule has 0 heterocycles. The summed E-state index contributed by atoms with van der Waals surface area (Å²) in [5, 5.41) is 0. The number of benzene rings is 1. The number of rotatable bonds is 4. The molecule has 1 nitrogen and oxygen atoms in total. The molecule has 0 amide bonds. The van der Waals surface area contributed by atoms with Crippen molar-refractivity contribution in [3.63, 3.8) is 0 Å². The maximum absolute atomic E-state index is 13.5. The van der Waals surface area contributed by atoms with Crippen LogP contribution in [0.5, 0.6) is 0 Å². The van der Waals surface area contributed by atoms with E-state index in [1.165, 1.54) is 0 Å². The zero-order valence-corrected chi connectivity index (χ0v) is 10.1. The van der Waals surface area contributed by atoms with Crippen LogP contribution in [0, 0.1) is 20.8 Å². The Balaban J connectivity index is 2.97. The quantitative estimate of drug-likeness (QED) is 0.840. The third kappa shape index (κ3) is 3.27. The van der Waals surface area contributed by atoms with Crippen LogP contribution in [0.15, 0.2) is 12.1 Å². The Morgan fingerprint density at radius 2 is 1.62 bits per heavy atom. The van der Waals surface area contributed by atoms with Gasteiger partial charge in [-0.05, 0) is 44.0 Å². The molecule has 0 saturated heterocycles. The highest BCUT2D eigenvalue weighted by molar-refractivity contribution is 5.38. The normalized spacial score (nSPS) is 11.9. The van der Waals surface area contributed by atoms with Crippen LogP contribution >= 0.6 is 0 Å². The second kappa shape index (κ2) is 4.91. The molecule has 0 unspecified atom stereocenters. The Kier molecular flexibility index (Phi) is 4.03. The Bertz CT molecular complexity index is 349. The zero-order chi connectivity index (χ0) is 12.3. The van der Waals surface area contributed by atoms with Gasteiger partial charge in [-0.2, -0.15) is 0 Å². The van der Waals surface area contributed by atoms with E-state index in [0.29, 0.717) is 0 Å². The molecule has 1 rings (SSSR count). The number of nitrogens with two attached hydrogens (primary N) is 1. The topological polar surface area (TPSA) is 26.0 Å². The summed E-state index contributed by atoms with van der Waals surface area (Å²) in [4.78, 5) is 0. The van der Waals surface area contributed by atoms with Crippen LogP contribution in [0.1, 0.15) is 28.7 Å². The molecular formula is C13H19F2N. The van der Waals surface area contributed by atoms with Crippen molar-refractivity contribution in [3.8, 4) is 0 Å². The van der Waals surface area contributed by atoms with Gasteiger partial charge in [-0.25, -0.2) is 8.78 Å². The van der Waals surface area contributed by atoms with Gasteiger partial charge in [-0.15, -0.1) is 0 Å². The molecule has 0 aromatic heterocycles. The summed E-state index contributed by atoms with van der Waals surface area (Å²) < 4.78 is 27.0. The minimum atomic E-state index is -2.69. The Morgan fingerprint density at radius 1 is 1.12 bits per heavy atom. The van der Waals surface area contributed by atoms with E-state index in [9.17, 15) is 8.78 Å². The van der Waals surface area contributed by atoms with Gasteiger partial charge in [0.1, 0.15) is 0 Å². The number of aryl methyl sites for hydroxylation is 3. The third-order valence-corrected chi connectivity index (χ3v) is 2.79. The molecule has 0 atom stereocenters. The van der Waals surface area contributed by atoms with E-state index >= 15 is 0 Å². The summed E-state index contributed by atoms with van der Waals surface area (Å²) in [6.07, 6.45) is -0.456. The lowest BCUT2D eigenvalue weighted by Gasteiger charge is -2.19. The molecule has 0 aliphatic carbocycles. The zero-order valence-electron chi connectivity index (χ0n) is 10.1. The van der Waals surface area contributed by atoms with Crippen LogP contribution in [0.4, 0.5) is 8.78 Å². The Hall–Kier alpha value is -0.960. The average molecular weight is 227 g/mol. The van der Waals surface area contributed by atoms with Crippen LogP contribution in [0.3, 0.4) is 0 Å². The van der Waals surface area contributed by atoms with Gasteiger partial charge in [0.25, 0.3) is 5.92 Å². The van der Waals surface area contributed by atoms with Gasteiger partial charge in [0.05, 0.1) is 0 Å². The number of halogens is 2. The molecule has 0 radical (unpaired) electrons. The summed E-state index contributed by atoms with van der Waals surface area (Å²) in [7, 11) is 0. The summed E-state index contributed by atoms with van der Waals surface area (Å²) in [6, 6.07) is 3.89.